The van der Waals surface area contributed by atoms with Crippen molar-refractivity contribution in [3.8, 4) is 44.5 Å². The number of fused-ring (bicyclic) bond motifs is 9. The minimum Gasteiger partial charge on any atom is -0.456 e. The van der Waals surface area contributed by atoms with E-state index in [1.165, 1.54) is 44.5 Å². The van der Waals surface area contributed by atoms with Crippen LogP contribution in [-0.2, 0) is 5.41 Å². The molecule has 11 aromatic rings. The van der Waals surface area contributed by atoms with Crippen LogP contribution in [0.5, 0.6) is 0 Å². The molecule has 284 valence electrons. The summed E-state index contributed by atoms with van der Waals surface area (Å²) in [6.45, 7) is 4.69. The molecule has 60 heavy (non-hydrogen) atoms. The predicted octanol–water partition coefficient (Wildman–Crippen LogP) is 16.3. The molecule has 0 radical (unpaired) electrons. The summed E-state index contributed by atoms with van der Waals surface area (Å²) in [5.41, 5.74) is 18.6. The third-order valence-electron chi connectivity index (χ3n) is 12.7. The summed E-state index contributed by atoms with van der Waals surface area (Å²) in [7, 11) is 0. The van der Waals surface area contributed by atoms with E-state index in [0.717, 1.165) is 72.1 Å². The Kier molecular flexibility index (Phi) is 7.58. The van der Waals surface area contributed by atoms with Gasteiger partial charge in [0, 0.05) is 49.6 Å². The smallest absolute Gasteiger partial charge is 0.144 e. The van der Waals surface area contributed by atoms with Gasteiger partial charge in [0.15, 0.2) is 0 Å². The Morgan fingerprint density at radius 1 is 0.367 bits per heavy atom. The van der Waals surface area contributed by atoms with Crippen LogP contribution in [0.3, 0.4) is 0 Å². The summed E-state index contributed by atoms with van der Waals surface area (Å²) in [5, 5.41) is 4.19. The normalized spacial score (nSPS) is 13.0. The van der Waals surface area contributed by atoms with Crippen LogP contribution in [0.4, 0.5) is 17.1 Å². The second-order valence-corrected chi connectivity index (χ2v) is 16.5. The van der Waals surface area contributed by atoms with Crippen LogP contribution in [0.1, 0.15) is 25.0 Å². The lowest BCUT2D eigenvalue weighted by atomic mass is 9.82. The molecular weight excluding hydrogens is 731 g/mol. The fourth-order valence-corrected chi connectivity index (χ4v) is 9.69. The van der Waals surface area contributed by atoms with Crippen LogP contribution < -0.4 is 4.90 Å². The van der Waals surface area contributed by atoms with Crippen molar-refractivity contribution in [1.82, 2.24) is 0 Å². The molecule has 9 aromatic carbocycles. The Bertz CT molecular complexity index is 3430. The summed E-state index contributed by atoms with van der Waals surface area (Å²) in [4.78, 5) is 2.38. The first kappa shape index (κ1) is 34.4. The zero-order valence-corrected chi connectivity index (χ0v) is 33.3. The molecule has 3 nitrogen and oxygen atoms in total. The van der Waals surface area contributed by atoms with Gasteiger partial charge in [0.05, 0.1) is 0 Å². The van der Waals surface area contributed by atoms with Crippen LogP contribution in [-0.4, -0.2) is 0 Å². The van der Waals surface area contributed by atoms with Crippen LogP contribution >= 0.6 is 0 Å². The molecular formula is C57H39NO2. The number of hydrogen-bond donors (Lipinski definition) is 0. The first-order chi connectivity index (χ1) is 29.5. The van der Waals surface area contributed by atoms with E-state index in [-0.39, 0.29) is 5.41 Å². The van der Waals surface area contributed by atoms with Gasteiger partial charge >= 0.3 is 0 Å². The third-order valence-corrected chi connectivity index (χ3v) is 12.7. The molecule has 2 aromatic heterocycles. The zero-order valence-electron chi connectivity index (χ0n) is 33.3. The molecule has 0 unspecified atom stereocenters. The van der Waals surface area contributed by atoms with E-state index in [1.54, 1.807) is 0 Å². The third kappa shape index (κ3) is 5.29. The molecule has 0 saturated carbocycles. The van der Waals surface area contributed by atoms with Crippen molar-refractivity contribution in [2.24, 2.45) is 0 Å². The summed E-state index contributed by atoms with van der Waals surface area (Å²) in [6, 6.07) is 71.8. The number of nitrogens with zero attached hydrogens (tertiary/aromatic N) is 1. The summed E-state index contributed by atoms with van der Waals surface area (Å²) in [6.07, 6.45) is 0. The van der Waals surface area contributed by atoms with Crippen molar-refractivity contribution >= 4 is 60.9 Å². The highest BCUT2D eigenvalue weighted by Gasteiger charge is 2.36. The molecule has 0 spiro atoms. The lowest BCUT2D eigenvalue weighted by Crippen LogP contribution is -2.16. The Morgan fingerprint density at radius 3 is 1.67 bits per heavy atom. The van der Waals surface area contributed by atoms with Gasteiger partial charge < -0.3 is 13.7 Å². The van der Waals surface area contributed by atoms with E-state index in [4.69, 9.17) is 8.83 Å². The molecule has 2 heterocycles. The summed E-state index contributed by atoms with van der Waals surface area (Å²) >= 11 is 0. The maximum absolute atomic E-state index is 6.95. The maximum Gasteiger partial charge on any atom is 0.144 e. The Hall–Kier alpha value is -7.62. The maximum atomic E-state index is 6.95. The van der Waals surface area contributed by atoms with E-state index < -0.39 is 0 Å². The molecule has 0 aliphatic heterocycles. The second kappa shape index (κ2) is 13.2. The average molecular weight is 770 g/mol. The van der Waals surface area contributed by atoms with Gasteiger partial charge in [-0.15, -0.1) is 0 Å². The molecule has 0 saturated heterocycles. The summed E-state index contributed by atoms with van der Waals surface area (Å²) < 4.78 is 13.6. The highest BCUT2D eigenvalue weighted by Crippen LogP contribution is 2.51. The highest BCUT2D eigenvalue weighted by molar-refractivity contribution is 6.23. The molecule has 0 bridgehead atoms. The van der Waals surface area contributed by atoms with Crippen molar-refractivity contribution in [3.05, 3.63) is 211 Å². The van der Waals surface area contributed by atoms with E-state index in [9.17, 15) is 0 Å². The van der Waals surface area contributed by atoms with Crippen molar-refractivity contribution in [3.63, 3.8) is 0 Å². The van der Waals surface area contributed by atoms with E-state index in [1.807, 2.05) is 12.1 Å². The molecule has 1 aliphatic rings. The monoisotopic (exact) mass is 769 g/mol. The van der Waals surface area contributed by atoms with Gasteiger partial charge in [0.2, 0.25) is 0 Å². The number of hydrogen-bond acceptors (Lipinski definition) is 3. The summed E-state index contributed by atoms with van der Waals surface area (Å²) in [5.74, 6) is 0. The fourth-order valence-electron chi connectivity index (χ4n) is 9.69. The first-order valence-corrected chi connectivity index (χ1v) is 20.7. The molecule has 0 fully saturated rings. The number of para-hydroxylation sites is 1. The topological polar surface area (TPSA) is 29.5 Å². The van der Waals surface area contributed by atoms with Crippen LogP contribution in [0.25, 0.3) is 88.4 Å². The van der Waals surface area contributed by atoms with E-state index in [2.05, 4.69) is 207 Å². The van der Waals surface area contributed by atoms with Crippen LogP contribution in [0, 0.1) is 0 Å². The predicted molar refractivity (Wildman–Crippen MR) is 250 cm³/mol. The van der Waals surface area contributed by atoms with E-state index in [0.29, 0.717) is 0 Å². The van der Waals surface area contributed by atoms with Gasteiger partial charge in [-0.25, -0.2) is 0 Å². The minimum absolute atomic E-state index is 0.136. The Morgan fingerprint density at radius 2 is 0.917 bits per heavy atom. The number of benzene rings is 9. The largest absolute Gasteiger partial charge is 0.456 e. The van der Waals surface area contributed by atoms with Crippen molar-refractivity contribution in [2.45, 2.75) is 19.3 Å². The Balaban J connectivity index is 1.06. The standard InChI is InChI=1S/C57H39NO2/c1-57(2)49-19-11-9-17-44(49)45-31-29-43(34-50(45)57)58(41-27-25-39(26-28-41)37-15-7-4-8-16-37)42-30-32-52-47(33-42)48-35-53-55(46-18-10-12-20-51(46)59-53)54(56(48)60-52)40-23-21-38(22-24-40)36-13-5-3-6-14-36/h3-35H,1-2H3. The van der Waals surface area contributed by atoms with Gasteiger partial charge in [0.25, 0.3) is 0 Å². The van der Waals surface area contributed by atoms with Crippen LogP contribution in [0.15, 0.2) is 209 Å². The lowest BCUT2D eigenvalue weighted by Gasteiger charge is -2.28. The number of furan rings is 2. The number of rotatable bonds is 6. The van der Waals surface area contributed by atoms with Gasteiger partial charge in [-0.05, 0) is 105 Å². The van der Waals surface area contributed by atoms with Crippen molar-refractivity contribution < 1.29 is 8.83 Å². The zero-order chi connectivity index (χ0) is 40.0. The van der Waals surface area contributed by atoms with Gasteiger partial charge in [-0.1, -0.05) is 159 Å². The fraction of sp³-hybridized carbons (Fsp3) is 0.0526. The quantitative estimate of drug-likeness (QED) is 0.169. The van der Waals surface area contributed by atoms with Crippen molar-refractivity contribution in [1.29, 1.82) is 0 Å². The molecule has 0 amide bonds. The molecule has 3 heteroatoms. The SMILES string of the molecule is CC1(C)c2ccccc2-c2ccc(N(c3ccc(-c4ccccc4)cc3)c3ccc4oc5c(-c6ccc(-c7ccccc7)cc6)c6c(cc5c4c3)oc3ccccc36)cc21. The molecule has 12 rings (SSSR count). The van der Waals surface area contributed by atoms with Crippen molar-refractivity contribution in [2.75, 3.05) is 4.90 Å². The van der Waals surface area contributed by atoms with Gasteiger partial charge in [-0.2, -0.15) is 0 Å². The minimum atomic E-state index is -0.136. The Labute approximate surface area is 348 Å². The van der Waals surface area contributed by atoms with E-state index >= 15 is 0 Å². The molecule has 0 atom stereocenters. The first-order valence-electron chi connectivity index (χ1n) is 20.7. The highest BCUT2D eigenvalue weighted by atomic mass is 16.3. The average Bonchev–Trinajstić information content (AvgIpc) is 3.93. The van der Waals surface area contributed by atoms with Gasteiger partial charge in [0.1, 0.15) is 22.3 Å². The molecule has 1 aliphatic carbocycles. The van der Waals surface area contributed by atoms with Crippen LogP contribution in [0.2, 0.25) is 0 Å². The number of anilines is 3. The van der Waals surface area contributed by atoms with Gasteiger partial charge in [-0.3, -0.25) is 0 Å². The lowest BCUT2D eigenvalue weighted by molar-refractivity contribution is 0.660. The molecule has 0 N–H and O–H groups in total. The second-order valence-electron chi connectivity index (χ2n) is 16.5.